The fourth-order valence-corrected chi connectivity index (χ4v) is 6.35. The maximum atomic E-state index is 6.82. The summed E-state index contributed by atoms with van der Waals surface area (Å²) in [5, 5.41) is 0. The molecular weight excluding hydrogens is 260 g/mol. The van der Waals surface area contributed by atoms with Crippen molar-refractivity contribution in [2.45, 2.75) is 64.0 Å². The Kier molecular flexibility index (Phi) is 3.79. The third kappa shape index (κ3) is 2.77. The molecule has 0 amide bonds. The molecule has 2 unspecified atom stereocenters. The summed E-state index contributed by atoms with van der Waals surface area (Å²) < 4.78 is 5.78. The Balaban J connectivity index is 1.43. The van der Waals surface area contributed by atoms with Crippen LogP contribution in [0.3, 0.4) is 0 Å². The van der Waals surface area contributed by atoms with Gasteiger partial charge in [0.2, 0.25) is 0 Å². The third-order valence-corrected chi connectivity index (χ3v) is 6.86. The van der Waals surface area contributed by atoms with E-state index in [4.69, 9.17) is 10.5 Å². The van der Waals surface area contributed by atoms with Gasteiger partial charge in [0.25, 0.3) is 0 Å². The average molecular weight is 292 g/mol. The van der Waals surface area contributed by atoms with Crippen LogP contribution in [0.1, 0.15) is 51.9 Å². The van der Waals surface area contributed by atoms with E-state index in [1.165, 1.54) is 45.1 Å². The van der Waals surface area contributed by atoms with Crippen LogP contribution >= 0.6 is 0 Å². The van der Waals surface area contributed by atoms with Gasteiger partial charge in [0.15, 0.2) is 0 Å². The summed E-state index contributed by atoms with van der Waals surface area (Å²) in [6.07, 6.45) is 10.4. The van der Waals surface area contributed by atoms with Gasteiger partial charge in [-0.3, -0.25) is 4.90 Å². The quantitative estimate of drug-likeness (QED) is 0.869. The second kappa shape index (κ2) is 5.50. The van der Waals surface area contributed by atoms with E-state index in [2.05, 4.69) is 11.8 Å². The maximum Gasteiger partial charge on any atom is 0.0673 e. The van der Waals surface area contributed by atoms with E-state index in [1.807, 2.05) is 0 Å². The fourth-order valence-electron chi connectivity index (χ4n) is 6.35. The lowest BCUT2D eigenvalue weighted by atomic mass is 9.48. The SMILES string of the molecule is CC1CN(CC(N)C23CC4CC(CC(C4)C2)C3)CCCO1. The topological polar surface area (TPSA) is 38.5 Å². The Bertz CT molecular complexity index is 348. The number of rotatable bonds is 3. The summed E-state index contributed by atoms with van der Waals surface area (Å²) in [6, 6.07) is 0.385. The van der Waals surface area contributed by atoms with Crippen LogP contribution in [0.4, 0.5) is 0 Å². The van der Waals surface area contributed by atoms with Crippen LogP contribution < -0.4 is 5.73 Å². The molecule has 5 fully saturated rings. The molecular formula is C18H32N2O. The number of hydrogen-bond acceptors (Lipinski definition) is 3. The third-order valence-electron chi connectivity index (χ3n) is 6.86. The van der Waals surface area contributed by atoms with Gasteiger partial charge in [-0.1, -0.05) is 0 Å². The molecule has 3 nitrogen and oxygen atoms in total. The molecule has 0 aromatic rings. The van der Waals surface area contributed by atoms with Gasteiger partial charge in [0.05, 0.1) is 6.10 Å². The molecule has 5 aliphatic rings. The van der Waals surface area contributed by atoms with Gasteiger partial charge in [-0.25, -0.2) is 0 Å². The zero-order chi connectivity index (χ0) is 14.4. The van der Waals surface area contributed by atoms with Crippen molar-refractivity contribution in [3.05, 3.63) is 0 Å². The minimum atomic E-state index is 0.371. The number of nitrogens with two attached hydrogens (primary N) is 1. The average Bonchev–Trinajstić information content (AvgIpc) is 2.61. The van der Waals surface area contributed by atoms with Crippen LogP contribution in [0.25, 0.3) is 0 Å². The van der Waals surface area contributed by atoms with Gasteiger partial charge < -0.3 is 10.5 Å². The number of ether oxygens (including phenoxy) is 1. The zero-order valence-corrected chi connectivity index (χ0v) is 13.6. The molecule has 0 spiro atoms. The molecule has 0 radical (unpaired) electrons. The van der Waals surface area contributed by atoms with Crippen LogP contribution in [0, 0.1) is 23.2 Å². The van der Waals surface area contributed by atoms with E-state index in [0.29, 0.717) is 17.6 Å². The second-order valence-corrected chi connectivity index (χ2v) is 8.68. The van der Waals surface area contributed by atoms with Gasteiger partial charge in [-0.05, 0) is 75.0 Å². The van der Waals surface area contributed by atoms with Gasteiger partial charge in [-0.2, -0.15) is 0 Å². The molecule has 3 heteroatoms. The summed E-state index contributed by atoms with van der Waals surface area (Å²) in [7, 11) is 0. The number of hydrogen-bond donors (Lipinski definition) is 1. The van der Waals surface area contributed by atoms with Crippen LogP contribution in [0.5, 0.6) is 0 Å². The predicted molar refractivity (Wildman–Crippen MR) is 85.1 cm³/mol. The van der Waals surface area contributed by atoms with Crippen molar-refractivity contribution in [1.82, 2.24) is 4.90 Å². The minimum absolute atomic E-state index is 0.371. The summed E-state index contributed by atoms with van der Waals surface area (Å²) in [4.78, 5) is 2.58. The van der Waals surface area contributed by atoms with Crippen molar-refractivity contribution in [3.63, 3.8) is 0 Å². The highest BCUT2D eigenvalue weighted by Gasteiger charge is 2.53. The normalized spacial score (nSPS) is 48.3. The molecule has 1 heterocycles. The lowest BCUT2D eigenvalue weighted by molar-refractivity contribution is -0.0720. The van der Waals surface area contributed by atoms with E-state index in [9.17, 15) is 0 Å². The number of nitrogens with zero attached hydrogens (tertiary/aromatic N) is 1. The lowest BCUT2D eigenvalue weighted by Gasteiger charge is -2.59. The molecule has 1 aliphatic heterocycles. The lowest BCUT2D eigenvalue weighted by Crippen LogP contribution is -2.58. The molecule has 1 saturated heterocycles. The van der Waals surface area contributed by atoms with E-state index in [0.717, 1.165) is 43.9 Å². The monoisotopic (exact) mass is 292 g/mol. The smallest absolute Gasteiger partial charge is 0.0673 e. The molecule has 0 aromatic carbocycles. The highest BCUT2D eigenvalue weighted by atomic mass is 16.5. The van der Waals surface area contributed by atoms with E-state index >= 15 is 0 Å². The summed E-state index contributed by atoms with van der Waals surface area (Å²) in [5.41, 5.74) is 7.31. The fraction of sp³-hybridized carbons (Fsp3) is 1.00. The first-order chi connectivity index (χ1) is 10.1. The van der Waals surface area contributed by atoms with E-state index < -0.39 is 0 Å². The Hall–Kier alpha value is -0.120. The molecule has 120 valence electrons. The summed E-state index contributed by atoms with van der Waals surface area (Å²) in [5.74, 6) is 3.02. The molecule has 4 aliphatic carbocycles. The highest BCUT2D eigenvalue weighted by Crippen LogP contribution is 2.61. The van der Waals surface area contributed by atoms with Crippen molar-refractivity contribution < 1.29 is 4.74 Å². The Morgan fingerprint density at radius 2 is 1.76 bits per heavy atom. The first-order valence-corrected chi connectivity index (χ1v) is 9.22. The van der Waals surface area contributed by atoms with Crippen molar-refractivity contribution in [2.24, 2.45) is 28.9 Å². The minimum Gasteiger partial charge on any atom is -0.377 e. The summed E-state index contributed by atoms with van der Waals surface area (Å²) >= 11 is 0. The predicted octanol–water partition coefficient (Wildman–Crippen LogP) is 2.64. The second-order valence-electron chi connectivity index (χ2n) is 8.68. The first kappa shape index (κ1) is 14.5. The molecule has 21 heavy (non-hydrogen) atoms. The highest BCUT2D eigenvalue weighted by molar-refractivity contribution is 5.06. The molecule has 2 atom stereocenters. The zero-order valence-electron chi connectivity index (χ0n) is 13.6. The first-order valence-electron chi connectivity index (χ1n) is 9.22. The van der Waals surface area contributed by atoms with Crippen LogP contribution in [0.2, 0.25) is 0 Å². The van der Waals surface area contributed by atoms with Crippen molar-refractivity contribution >= 4 is 0 Å². The molecule has 4 bridgehead atoms. The largest absolute Gasteiger partial charge is 0.377 e. The van der Waals surface area contributed by atoms with Crippen LogP contribution in [-0.2, 0) is 4.74 Å². The standard InChI is InChI=1S/C18H32N2O/c1-13-11-20(3-2-4-21-13)12-17(19)18-8-14-5-15(9-18)7-16(6-14)10-18/h13-17H,2-12,19H2,1H3. The molecule has 4 saturated carbocycles. The van der Waals surface area contributed by atoms with Crippen LogP contribution in [0.15, 0.2) is 0 Å². The van der Waals surface area contributed by atoms with E-state index in [-0.39, 0.29) is 0 Å². The molecule has 2 N–H and O–H groups in total. The molecule has 5 rings (SSSR count). The Labute approximate surface area is 129 Å². The van der Waals surface area contributed by atoms with Crippen molar-refractivity contribution in [3.8, 4) is 0 Å². The van der Waals surface area contributed by atoms with Gasteiger partial charge in [0.1, 0.15) is 0 Å². The molecule has 0 aromatic heterocycles. The van der Waals surface area contributed by atoms with Crippen molar-refractivity contribution in [2.75, 3.05) is 26.2 Å². The van der Waals surface area contributed by atoms with Gasteiger partial charge in [-0.15, -0.1) is 0 Å². The summed E-state index contributed by atoms with van der Waals surface area (Å²) in [6.45, 7) is 6.46. The Morgan fingerprint density at radius 3 is 2.38 bits per heavy atom. The van der Waals surface area contributed by atoms with Crippen LogP contribution in [-0.4, -0.2) is 43.3 Å². The van der Waals surface area contributed by atoms with Crippen molar-refractivity contribution in [1.29, 1.82) is 0 Å². The van der Waals surface area contributed by atoms with E-state index in [1.54, 1.807) is 0 Å². The van der Waals surface area contributed by atoms with Gasteiger partial charge >= 0.3 is 0 Å². The Morgan fingerprint density at radius 1 is 1.14 bits per heavy atom. The maximum absolute atomic E-state index is 6.82. The van der Waals surface area contributed by atoms with Gasteiger partial charge in [0, 0.05) is 32.3 Å².